The summed E-state index contributed by atoms with van der Waals surface area (Å²) in [6, 6.07) is 7.65. The Kier molecular flexibility index (Phi) is 6.27. The summed E-state index contributed by atoms with van der Waals surface area (Å²) in [7, 11) is 3.88. The number of hydrogen-bond donors (Lipinski definition) is 0. The van der Waals surface area contributed by atoms with Gasteiger partial charge in [-0.05, 0) is 37.1 Å². The third kappa shape index (κ3) is 4.38. The van der Waals surface area contributed by atoms with Crippen LogP contribution in [-0.2, 0) is 16.1 Å². The van der Waals surface area contributed by atoms with Crippen LogP contribution < -0.4 is 9.80 Å². The van der Waals surface area contributed by atoms with Gasteiger partial charge < -0.3 is 9.64 Å². The molecule has 0 aliphatic carbocycles. The van der Waals surface area contributed by atoms with E-state index < -0.39 is 5.97 Å². The molecule has 0 radical (unpaired) electrons. The van der Waals surface area contributed by atoms with Gasteiger partial charge in [0.05, 0.1) is 16.1 Å². The number of nitrogens with zero attached hydrogens (tertiary/aromatic N) is 4. The van der Waals surface area contributed by atoms with E-state index in [0.29, 0.717) is 15.7 Å². The summed E-state index contributed by atoms with van der Waals surface area (Å²) in [5, 5.41) is 3.26. The number of thiazole rings is 2. The molecule has 4 rings (SSSR count). The van der Waals surface area contributed by atoms with Gasteiger partial charge in [0.2, 0.25) is 5.91 Å². The van der Waals surface area contributed by atoms with Crippen LogP contribution >= 0.6 is 34.0 Å². The number of amides is 1. The number of benzene rings is 1. The molecule has 4 aromatic rings. The first-order valence-corrected chi connectivity index (χ1v) is 12.3. The van der Waals surface area contributed by atoms with Crippen molar-refractivity contribution in [2.24, 2.45) is 0 Å². The summed E-state index contributed by atoms with van der Waals surface area (Å²) in [6.45, 7) is 5.55. The molecule has 3 heterocycles. The first-order valence-electron chi connectivity index (χ1n) is 9.80. The molecule has 1 amide bonds. The van der Waals surface area contributed by atoms with Crippen LogP contribution in [0.3, 0.4) is 0 Å². The van der Waals surface area contributed by atoms with Crippen LogP contribution in [0.4, 0.5) is 16.0 Å². The summed E-state index contributed by atoms with van der Waals surface area (Å²) in [6.07, 6.45) is 0. The van der Waals surface area contributed by atoms with E-state index in [1.807, 2.05) is 62.5 Å². The second-order valence-electron chi connectivity index (χ2n) is 7.44. The molecule has 0 N–H and O–H groups in total. The van der Waals surface area contributed by atoms with Crippen molar-refractivity contribution in [2.75, 3.05) is 23.9 Å². The smallest absolute Gasteiger partial charge is 0.348 e. The summed E-state index contributed by atoms with van der Waals surface area (Å²) in [4.78, 5) is 38.9. The van der Waals surface area contributed by atoms with E-state index in [2.05, 4.69) is 9.97 Å². The van der Waals surface area contributed by atoms with Crippen molar-refractivity contribution >= 4 is 71.4 Å². The fourth-order valence-electron chi connectivity index (χ4n) is 3.08. The maximum Gasteiger partial charge on any atom is 0.348 e. The minimum atomic E-state index is -0.404. The third-order valence-electron chi connectivity index (χ3n) is 4.88. The lowest BCUT2D eigenvalue weighted by Crippen LogP contribution is -2.23. The second kappa shape index (κ2) is 8.97. The van der Waals surface area contributed by atoms with Gasteiger partial charge in [-0.2, -0.15) is 0 Å². The van der Waals surface area contributed by atoms with Crippen LogP contribution in [0, 0.1) is 13.8 Å². The van der Waals surface area contributed by atoms with Gasteiger partial charge in [0, 0.05) is 26.4 Å². The van der Waals surface area contributed by atoms with Crippen LogP contribution in [0.25, 0.3) is 9.53 Å². The molecular weight excluding hydrogens is 464 g/mol. The molecule has 32 heavy (non-hydrogen) atoms. The van der Waals surface area contributed by atoms with E-state index in [1.165, 1.54) is 40.9 Å². The fraction of sp³-hybridized carbons (Fsp3) is 0.273. The molecule has 0 aliphatic rings. The topological polar surface area (TPSA) is 75.6 Å². The Morgan fingerprint density at radius 3 is 2.56 bits per heavy atom. The number of esters is 1. The minimum absolute atomic E-state index is 0.0375. The van der Waals surface area contributed by atoms with Crippen molar-refractivity contribution in [1.82, 2.24) is 9.97 Å². The zero-order valence-corrected chi connectivity index (χ0v) is 20.8. The van der Waals surface area contributed by atoms with Crippen molar-refractivity contribution in [3.05, 3.63) is 51.3 Å². The molecule has 10 heteroatoms. The SMILES string of the molecule is CC(=O)N(c1nc(COC(=O)c2cc3sc(N(C)C)nc3s2)cs1)c1cccc(C)c1C. The number of aryl methyl sites for hydroxylation is 1. The third-order valence-corrected chi connectivity index (χ3v) is 8.06. The van der Waals surface area contributed by atoms with Crippen molar-refractivity contribution in [3.8, 4) is 0 Å². The van der Waals surface area contributed by atoms with Crippen molar-refractivity contribution < 1.29 is 14.3 Å². The molecule has 0 saturated carbocycles. The van der Waals surface area contributed by atoms with E-state index in [-0.39, 0.29) is 12.5 Å². The van der Waals surface area contributed by atoms with E-state index in [1.54, 1.807) is 4.90 Å². The van der Waals surface area contributed by atoms with Crippen molar-refractivity contribution in [1.29, 1.82) is 0 Å². The van der Waals surface area contributed by atoms with Gasteiger partial charge in [0.25, 0.3) is 0 Å². The average molecular weight is 487 g/mol. The van der Waals surface area contributed by atoms with E-state index in [9.17, 15) is 9.59 Å². The van der Waals surface area contributed by atoms with Gasteiger partial charge in [0.15, 0.2) is 10.3 Å². The maximum absolute atomic E-state index is 12.5. The Balaban J connectivity index is 1.47. The standard InChI is InChI=1S/C22H22N4O3S3/c1-12-7-6-8-16(13(12)2)26(14(3)27)22-23-15(11-30-22)10-29-20(28)18-9-17-19(31-18)24-21(32-17)25(4)5/h6-9,11H,10H2,1-5H3. The normalized spacial score (nSPS) is 11.0. The second-order valence-corrected chi connectivity index (χ2v) is 10.3. The zero-order chi connectivity index (χ0) is 23.0. The van der Waals surface area contributed by atoms with Crippen molar-refractivity contribution in [3.63, 3.8) is 0 Å². The molecule has 0 bridgehead atoms. The molecule has 0 fully saturated rings. The van der Waals surface area contributed by atoms with E-state index in [4.69, 9.17) is 4.74 Å². The molecule has 3 aromatic heterocycles. The largest absolute Gasteiger partial charge is 0.455 e. The Bertz CT molecular complexity index is 1270. The number of aromatic nitrogens is 2. The summed E-state index contributed by atoms with van der Waals surface area (Å²) in [5.74, 6) is -0.529. The molecule has 166 valence electrons. The highest BCUT2D eigenvalue weighted by atomic mass is 32.1. The monoisotopic (exact) mass is 486 g/mol. The van der Waals surface area contributed by atoms with Crippen LogP contribution in [0.2, 0.25) is 0 Å². The fourth-order valence-corrected chi connectivity index (χ4v) is 5.97. The molecule has 0 saturated heterocycles. The highest BCUT2D eigenvalue weighted by molar-refractivity contribution is 7.29. The molecule has 0 unspecified atom stereocenters. The number of fused-ring (bicyclic) bond motifs is 1. The zero-order valence-electron chi connectivity index (χ0n) is 18.3. The van der Waals surface area contributed by atoms with Gasteiger partial charge >= 0.3 is 5.97 Å². The number of hydrogen-bond acceptors (Lipinski definition) is 9. The quantitative estimate of drug-likeness (QED) is 0.333. The molecule has 0 spiro atoms. The predicted octanol–water partition coefficient (Wildman–Crippen LogP) is 5.54. The van der Waals surface area contributed by atoms with Crippen LogP contribution in [0.15, 0.2) is 29.6 Å². The van der Waals surface area contributed by atoms with Gasteiger partial charge in [0.1, 0.15) is 16.3 Å². The molecule has 0 aliphatic heterocycles. The lowest BCUT2D eigenvalue weighted by atomic mass is 10.1. The molecule has 7 nitrogen and oxygen atoms in total. The van der Waals surface area contributed by atoms with E-state index >= 15 is 0 Å². The Labute approximate surface area is 197 Å². The summed E-state index contributed by atoms with van der Waals surface area (Å²) >= 11 is 4.20. The van der Waals surface area contributed by atoms with Gasteiger partial charge in [-0.25, -0.2) is 14.8 Å². The van der Waals surface area contributed by atoms with Crippen LogP contribution in [0.5, 0.6) is 0 Å². The number of rotatable bonds is 6. The maximum atomic E-state index is 12.5. The molecule has 1 aromatic carbocycles. The lowest BCUT2D eigenvalue weighted by Gasteiger charge is -2.21. The van der Waals surface area contributed by atoms with Crippen LogP contribution in [0.1, 0.15) is 33.4 Å². The van der Waals surface area contributed by atoms with Gasteiger partial charge in [-0.1, -0.05) is 23.5 Å². The van der Waals surface area contributed by atoms with Gasteiger partial charge in [-0.3, -0.25) is 9.69 Å². The minimum Gasteiger partial charge on any atom is -0.455 e. The number of anilines is 3. The number of carbonyl (C=O) groups excluding carboxylic acids is 2. The molecule has 0 atom stereocenters. The first kappa shape index (κ1) is 22.4. The van der Waals surface area contributed by atoms with Gasteiger partial charge in [-0.15, -0.1) is 22.7 Å². The summed E-state index contributed by atoms with van der Waals surface area (Å²) in [5.41, 5.74) is 3.53. The van der Waals surface area contributed by atoms with Crippen LogP contribution in [-0.4, -0.2) is 35.9 Å². The highest BCUT2D eigenvalue weighted by Crippen LogP contribution is 2.35. The Morgan fingerprint density at radius 2 is 1.88 bits per heavy atom. The number of thiophene rings is 1. The highest BCUT2D eigenvalue weighted by Gasteiger charge is 2.21. The lowest BCUT2D eigenvalue weighted by molar-refractivity contribution is -0.115. The number of ether oxygens (including phenoxy) is 1. The van der Waals surface area contributed by atoms with E-state index in [0.717, 1.165) is 31.5 Å². The Hall–Kier alpha value is -2.82. The Morgan fingerprint density at radius 1 is 1.09 bits per heavy atom. The predicted molar refractivity (Wildman–Crippen MR) is 132 cm³/mol. The van der Waals surface area contributed by atoms with Crippen molar-refractivity contribution in [2.45, 2.75) is 27.4 Å². The molecular formula is C22H22N4O3S3. The first-order chi connectivity index (χ1) is 15.2. The number of carbonyl (C=O) groups is 2. The average Bonchev–Trinajstić information content (AvgIpc) is 3.44. The summed E-state index contributed by atoms with van der Waals surface area (Å²) < 4.78 is 6.44.